The van der Waals surface area contributed by atoms with E-state index < -0.39 is 22.9 Å². The molecule has 0 bridgehead atoms. The first-order valence-electron chi connectivity index (χ1n) is 12.0. The fourth-order valence-electron chi connectivity index (χ4n) is 4.06. The van der Waals surface area contributed by atoms with Gasteiger partial charge in [-0.1, -0.05) is 71.9 Å². The monoisotopic (exact) mass is 579 g/mol. The van der Waals surface area contributed by atoms with Crippen LogP contribution in [0.3, 0.4) is 0 Å². The average Bonchev–Trinajstić information content (AvgIpc) is 3.37. The van der Waals surface area contributed by atoms with Crippen LogP contribution in [0.1, 0.15) is 21.9 Å². The molecule has 0 saturated heterocycles. The highest BCUT2D eigenvalue weighted by molar-refractivity contribution is 8.00. The molecule has 0 saturated carbocycles. The summed E-state index contributed by atoms with van der Waals surface area (Å²) in [6, 6.07) is 23.0. The SMILES string of the molecule is Cc1ccccc1-n1c(SC(C(=O)Nc2cc(C(F)(F)F)ccc2Cl)c2ccccc2)nnc1-c1cccnc1. The van der Waals surface area contributed by atoms with E-state index in [1.807, 2.05) is 47.9 Å². The van der Waals surface area contributed by atoms with Gasteiger partial charge in [-0.25, -0.2) is 0 Å². The minimum atomic E-state index is -4.59. The number of aromatic nitrogens is 4. The number of nitrogens with one attached hydrogen (secondary N) is 1. The van der Waals surface area contributed by atoms with Gasteiger partial charge in [-0.2, -0.15) is 13.2 Å². The first-order valence-corrected chi connectivity index (χ1v) is 13.3. The molecule has 1 amide bonds. The van der Waals surface area contributed by atoms with Crippen molar-refractivity contribution in [1.29, 1.82) is 0 Å². The second-order valence-corrected chi connectivity index (χ2v) is 10.2. The maximum absolute atomic E-state index is 13.7. The van der Waals surface area contributed by atoms with Crippen molar-refractivity contribution >= 4 is 35.0 Å². The molecule has 1 unspecified atom stereocenters. The number of thioether (sulfide) groups is 1. The molecule has 0 aliphatic carbocycles. The van der Waals surface area contributed by atoms with Crippen LogP contribution in [0.2, 0.25) is 5.02 Å². The van der Waals surface area contributed by atoms with Crippen molar-refractivity contribution in [3.63, 3.8) is 0 Å². The third kappa shape index (κ3) is 5.88. The van der Waals surface area contributed by atoms with Gasteiger partial charge in [-0.15, -0.1) is 10.2 Å². The second kappa shape index (κ2) is 11.5. The molecule has 5 aromatic rings. The van der Waals surface area contributed by atoms with Crippen molar-refractivity contribution < 1.29 is 18.0 Å². The van der Waals surface area contributed by atoms with Gasteiger partial charge in [0.1, 0.15) is 5.25 Å². The Morgan fingerprint density at radius 2 is 1.73 bits per heavy atom. The number of anilines is 1. The van der Waals surface area contributed by atoms with Gasteiger partial charge in [0, 0.05) is 18.0 Å². The van der Waals surface area contributed by atoms with Gasteiger partial charge in [-0.05, 0) is 54.4 Å². The third-order valence-electron chi connectivity index (χ3n) is 6.02. The van der Waals surface area contributed by atoms with Crippen molar-refractivity contribution in [3.8, 4) is 17.1 Å². The average molecular weight is 580 g/mol. The standard InChI is InChI=1S/C29H21ClF3N5OS/c1-18-8-5-6-12-24(18)38-26(20-11-7-15-34-17-20)36-37-28(38)40-25(19-9-3-2-4-10-19)27(39)35-23-16-21(29(31,32)33)13-14-22(23)30/h2-17,25H,1H3,(H,35,39). The zero-order valence-corrected chi connectivity index (χ0v) is 22.5. The van der Waals surface area contributed by atoms with E-state index in [4.69, 9.17) is 11.6 Å². The van der Waals surface area contributed by atoms with Crippen molar-refractivity contribution in [2.75, 3.05) is 5.32 Å². The summed E-state index contributed by atoms with van der Waals surface area (Å²) in [6.07, 6.45) is -1.27. The molecule has 40 heavy (non-hydrogen) atoms. The van der Waals surface area contributed by atoms with Crippen molar-refractivity contribution in [1.82, 2.24) is 19.7 Å². The minimum absolute atomic E-state index is 0.0138. The van der Waals surface area contributed by atoms with E-state index in [9.17, 15) is 18.0 Å². The lowest BCUT2D eigenvalue weighted by molar-refractivity contribution is -0.137. The predicted molar refractivity (Wildman–Crippen MR) is 149 cm³/mol. The zero-order valence-electron chi connectivity index (χ0n) is 20.9. The Labute approximate surface area is 237 Å². The fourth-order valence-corrected chi connectivity index (χ4v) is 5.27. The Bertz CT molecular complexity index is 1650. The summed E-state index contributed by atoms with van der Waals surface area (Å²) in [7, 11) is 0. The third-order valence-corrected chi connectivity index (χ3v) is 7.55. The van der Waals surface area contributed by atoms with Crippen LogP contribution in [0.15, 0.2) is 102 Å². The molecule has 0 aliphatic heterocycles. The first-order chi connectivity index (χ1) is 19.2. The largest absolute Gasteiger partial charge is 0.416 e. The van der Waals surface area contributed by atoms with E-state index >= 15 is 0 Å². The molecule has 11 heteroatoms. The van der Waals surface area contributed by atoms with Gasteiger partial charge >= 0.3 is 6.18 Å². The van der Waals surface area contributed by atoms with Crippen molar-refractivity contribution in [3.05, 3.63) is 119 Å². The van der Waals surface area contributed by atoms with E-state index in [1.54, 1.807) is 42.7 Å². The number of aryl methyl sites for hydroxylation is 1. The Kier molecular flexibility index (Phi) is 7.90. The Morgan fingerprint density at radius 3 is 2.42 bits per heavy atom. The van der Waals surface area contributed by atoms with Gasteiger partial charge in [0.2, 0.25) is 5.91 Å². The molecule has 1 atom stereocenters. The van der Waals surface area contributed by atoms with E-state index in [0.717, 1.165) is 46.8 Å². The van der Waals surface area contributed by atoms with Crippen LogP contribution >= 0.6 is 23.4 Å². The molecule has 0 fully saturated rings. The molecule has 1 N–H and O–H groups in total. The number of pyridine rings is 1. The number of carbonyl (C=O) groups is 1. The number of benzene rings is 3. The summed E-state index contributed by atoms with van der Waals surface area (Å²) in [4.78, 5) is 17.9. The molecule has 0 aliphatic rings. The Hall–Kier alpha value is -4.15. The van der Waals surface area contributed by atoms with Crippen LogP contribution in [0.25, 0.3) is 17.1 Å². The molecular formula is C29H21ClF3N5OS. The maximum Gasteiger partial charge on any atom is 0.416 e. The Morgan fingerprint density at radius 1 is 0.975 bits per heavy atom. The molecule has 3 aromatic carbocycles. The number of carbonyl (C=O) groups excluding carboxylic acids is 1. The molecule has 6 nitrogen and oxygen atoms in total. The Balaban J connectivity index is 1.57. The van der Waals surface area contributed by atoms with Crippen LogP contribution in [0.4, 0.5) is 18.9 Å². The first kappa shape index (κ1) is 27.4. The summed E-state index contributed by atoms with van der Waals surface area (Å²) in [5.41, 5.74) is 2.04. The highest BCUT2D eigenvalue weighted by Gasteiger charge is 2.32. The molecule has 2 aromatic heterocycles. The molecule has 0 radical (unpaired) electrons. The lowest BCUT2D eigenvalue weighted by Gasteiger charge is -2.19. The van der Waals surface area contributed by atoms with Crippen LogP contribution in [-0.4, -0.2) is 25.7 Å². The van der Waals surface area contributed by atoms with Crippen molar-refractivity contribution in [2.24, 2.45) is 0 Å². The molecule has 0 spiro atoms. The quantitative estimate of drug-likeness (QED) is 0.199. The van der Waals surface area contributed by atoms with Crippen LogP contribution in [-0.2, 0) is 11.0 Å². The molecule has 5 rings (SSSR count). The van der Waals surface area contributed by atoms with Gasteiger partial charge in [0.15, 0.2) is 11.0 Å². The zero-order chi connectivity index (χ0) is 28.3. The van der Waals surface area contributed by atoms with Crippen LogP contribution < -0.4 is 5.32 Å². The molecular weight excluding hydrogens is 559 g/mol. The highest BCUT2D eigenvalue weighted by atomic mass is 35.5. The maximum atomic E-state index is 13.7. The van der Waals surface area contributed by atoms with Gasteiger partial charge in [0.05, 0.1) is 22.0 Å². The number of hydrogen-bond acceptors (Lipinski definition) is 5. The number of alkyl halides is 3. The number of amides is 1. The van der Waals surface area contributed by atoms with Gasteiger partial charge < -0.3 is 5.32 Å². The normalized spacial score (nSPS) is 12.2. The van der Waals surface area contributed by atoms with Crippen LogP contribution in [0, 0.1) is 6.92 Å². The number of hydrogen-bond donors (Lipinski definition) is 1. The summed E-state index contributed by atoms with van der Waals surface area (Å²) in [6.45, 7) is 1.95. The van der Waals surface area contributed by atoms with E-state index in [2.05, 4.69) is 20.5 Å². The fraction of sp³-hybridized carbons (Fsp3) is 0.103. The topological polar surface area (TPSA) is 72.7 Å². The highest BCUT2D eigenvalue weighted by Crippen LogP contribution is 2.40. The summed E-state index contributed by atoms with van der Waals surface area (Å²) in [5.74, 6) is -0.0438. The lowest BCUT2D eigenvalue weighted by atomic mass is 10.1. The molecule has 2 heterocycles. The van der Waals surface area contributed by atoms with E-state index in [-0.39, 0.29) is 10.7 Å². The van der Waals surface area contributed by atoms with Crippen molar-refractivity contribution in [2.45, 2.75) is 23.5 Å². The van der Waals surface area contributed by atoms with Crippen LogP contribution in [0.5, 0.6) is 0 Å². The number of nitrogens with zero attached hydrogens (tertiary/aromatic N) is 4. The molecule has 202 valence electrons. The smallest absolute Gasteiger partial charge is 0.323 e. The summed E-state index contributed by atoms with van der Waals surface area (Å²) in [5, 5.41) is 10.9. The predicted octanol–water partition coefficient (Wildman–Crippen LogP) is 7.78. The second-order valence-electron chi connectivity index (χ2n) is 8.76. The summed E-state index contributed by atoms with van der Waals surface area (Å²) >= 11 is 7.30. The van der Waals surface area contributed by atoms with Gasteiger partial charge in [0.25, 0.3) is 0 Å². The summed E-state index contributed by atoms with van der Waals surface area (Å²) < 4.78 is 41.9. The van der Waals surface area contributed by atoms with E-state index in [1.165, 1.54) is 0 Å². The van der Waals surface area contributed by atoms with Gasteiger partial charge in [-0.3, -0.25) is 14.3 Å². The minimum Gasteiger partial charge on any atom is -0.323 e. The number of para-hydroxylation sites is 1. The number of rotatable bonds is 7. The number of halogens is 4. The lowest BCUT2D eigenvalue weighted by Crippen LogP contribution is -2.20. The van der Waals surface area contributed by atoms with E-state index in [0.29, 0.717) is 16.5 Å².